The van der Waals surface area contributed by atoms with Gasteiger partial charge in [0.1, 0.15) is 5.56 Å². The average molecular weight is 246 g/mol. The van der Waals surface area contributed by atoms with Crippen LogP contribution in [0.5, 0.6) is 5.88 Å². The number of carbonyl (C=O) groups excluding carboxylic acids is 1. The first kappa shape index (κ1) is 12.2. The Morgan fingerprint density at radius 1 is 1.33 bits per heavy atom. The SMILES string of the molecule is CCOC(=O)c1cn(-c2ccccc2)nc1OC. The molecule has 0 fully saturated rings. The van der Waals surface area contributed by atoms with Crippen LogP contribution in [0.3, 0.4) is 0 Å². The number of carbonyl (C=O) groups is 1. The number of para-hydroxylation sites is 1. The molecule has 0 bridgehead atoms. The van der Waals surface area contributed by atoms with Crippen LogP contribution < -0.4 is 4.74 Å². The molecular weight excluding hydrogens is 232 g/mol. The molecule has 1 aromatic carbocycles. The van der Waals surface area contributed by atoms with Gasteiger partial charge in [0.05, 0.1) is 19.4 Å². The Morgan fingerprint density at radius 2 is 2.06 bits per heavy atom. The number of benzene rings is 1. The van der Waals surface area contributed by atoms with E-state index in [4.69, 9.17) is 9.47 Å². The second kappa shape index (κ2) is 5.35. The summed E-state index contributed by atoms with van der Waals surface area (Å²) in [4.78, 5) is 11.7. The average Bonchev–Trinajstić information content (AvgIpc) is 2.84. The summed E-state index contributed by atoms with van der Waals surface area (Å²) in [6.07, 6.45) is 1.60. The number of hydrogen-bond acceptors (Lipinski definition) is 4. The van der Waals surface area contributed by atoms with E-state index in [1.165, 1.54) is 7.11 Å². The third-order valence-electron chi connectivity index (χ3n) is 2.39. The van der Waals surface area contributed by atoms with Crippen molar-refractivity contribution in [3.8, 4) is 11.6 Å². The Bertz CT molecular complexity index is 534. The number of aromatic nitrogens is 2. The van der Waals surface area contributed by atoms with Gasteiger partial charge in [-0.05, 0) is 19.1 Å². The van der Waals surface area contributed by atoms with Crippen LogP contribution in [0.15, 0.2) is 36.5 Å². The van der Waals surface area contributed by atoms with Gasteiger partial charge in [0.2, 0.25) is 5.88 Å². The van der Waals surface area contributed by atoms with Crippen LogP contribution in [0.2, 0.25) is 0 Å². The second-order valence-corrected chi connectivity index (χ2v) is 3.55. The molecule has 0 N–H and O–H groups in total. The summed E-state index contributed by atoms with van der Waals surface area (Å²) < 4.78 is 11.6. The fourth-order valence-corrected chi connectivity index (χ4v) is 1.57. The third kappa shape index (κ3) is 2.34. The molecule has 0 aliphatic carbocycles. The topological polar surface area (TPSA) is 53.4 Å². The minimum atomic E-state index is -0.434. The van der Waals surface area contributed by atoms with Crippen LogP contribution in [0.25, 0.3) is 5.69 Å². The molecule has 94 valence electrons. The van der Waals surface area contributed by atoms with Crippen LogP contribution >= 0.6 is 0 Å². The maximum atomic E-state index is 11.7. The lowest BCUT2D eigenvalue weighted by molar-refractivity contribution is 0.0522. The maximum Gasteiger partial charge on any atom is 0.345 e. The van der Waals surface area contributed by atoms with Gasteiger partial charge in [0, 0.05) is 6.20 Å². The first-order valence-corrected chi connectivity index (χ1v) is 5.62. The van der Waals surface area contributed by atoms with Gasteiger partial charge in [0.25, 0.3) is 0 Å². The molecule has 2 aromatic rings. The van der Waals surface area contributed by atoms with Crippen molar-refractivity contribution in [2.75, 3.05) is 13.7 Å². The molecule has 0 saturated heterocycles. The largest absolute Gasteiger partial charge is 0.479 e. The van der Waals surface area contributed by atoms with E-state index >= 15 is 0 Å². The van der Waals surface area contributed by atoms with E-state index in [0.717, 1.165) is 5.69 Å². The lowest BCUT2D eigenvalue weighted by atomic mass is 10.3. The summed E-state index contributed by atoms with van der Waals surface area (Å²) in [6, 6.07) is 9.49. The molecule has 0 aliphatic heterocycles. The van der Waals surface area contributed by atoms with Crippen molar-refractivity contribution >= 4 is 5.97 Å². The summed E-state index contributed by atoms with van der Waals surface area (Å²) >= 11 is 0. The molecule has 2 rings (SSSR count). The number of hydrogen-bond donors (Lipinski definition) is 0. The molecule has 18 heavy (non-hydrogen) atoms. The number of ether oxygens (including phenoxy) is 2. The zero-order valence-electron chi connectivity index (χ0n) is 10.3. The first-order chi connectivity index (χ1) is 8.76. The highest BCUT2D eigenvalue weighted by Crippen LogP contribution is 2.19. The zero-order valence-corrected chi connectivity index (χ0v) is 10.3. The number of methoxy groups -OCH3 is 1. The lowest BCUT2D eigenvalue weighted by Crippen LogP contribution is -2.05. The van der Waals surface area contributed by atoms with Crippen LogP contribution in [0.4, 0.5) is 0 Å². The predicted octanol–water partition coefficient (Wildman–Crippen LogP) is 2.06. The predicted molar refractivity (Wildman–Crippen MR) is 66.1 cm³/mol. The molecule has 0 spiro atoms. The van der Waals surface area contributed by atoms with Crippen LogP contribution in [0.1, 0.15) is 17.3 Å². The smallest absolute Gasteiger partial charge is 0.345 e. The highest BCUT2D eigenvalue weighted by molar-refractivity contribution is 5.91. The van der Waals surface area contributed by atoms with E-state index in [1.807, 2.05) is 30.3 Å². The van der Waals surface area contributed by atoms with E-state index < -0.39 is 5.97 Å². The minimum absolute atomic E-state index is 0.261. The van der Waals surface area contributed by atoms with Crippen molar-refractivity contribution in [3.63, 3.8) is 0 Å². The fraction of sp³-hybridized carbons (Fsp3) is 0.231. The van der Waals surface area contributed by atoms with Gasteiger partial charge in [-0.1, -0.05) is 18.2 Å². The molecule has 1 heterocycles. The Morgan fingerprint density at radius 3 is 2.67 bits per heavy atom. The van der Waals surface area contributed by atoms with Crippen molar-refractivity contribution in [1.29, 1.82) is 0 Å². The van der Waals surface area contributed by atoms with E-state index in [1.54, 1.807) is 17.8 Å². The van der Waals surface area contributed by atoms with Gasteiger partial charge in [-0.3, -0.25) is 0 Å². The standard InChI is InChI=1S/C13H14N2O3/c1-3-18-13(16)11-9-15(14-12(11)17-2)10-7-5-4-6-8-10/h4-9H,3H2,1-2H3. The van der Waals surface area contributed by atoms with Gasteiger partial charge >= 0.3 is 5.97 Å². The van der Waals surface area contributed by atoms with Crippen molar-refractivity contribution < 1.29 is 14.3 Å². The van der Waals surface area contributed by atoms with Gasteiger partial charge in [-0.25, -0.2) is 9.48 Å². The van der Waals surface area contributed by atoms with Crippen LogP contribution in [0, 0.1) is 0 Å². The molecular formula is C13H14N2O3. The normalized spacial score (nSPS) is 10.1. The highest BCUT2D eigenvalue weighted by atomic mass is 16.5. The van der Waals surface area contributed by atoms with Gasteiger partial charge < -0.3 is 9.47 Å². The molecule has 0 aliphatic rings. The Hall–Kier alpha value is -2.30. The molecule has 5 heteroatoms. The van der Waals surface area contributed by atoms with E-state index in [9.17, 15) is 4.79 Å². The summed E-state index contributed by atoms with van der Waals surface area (Å²) in [5.41, 5.74) is 1.18. The van der Waals surface area contributed by atoms with Gasteiger partial charge in [-0.2, -0.15) is 0 Å². The maximum absolute atomic E-state index is 11.7. The third-order valence-corrected chi connectivity index (χ3v) is 2.39. The summed E-state index contributed by atoms with van der Waals surface area (Å²) in [5.74, 6) is -0.172. The van der Waals surface area contributed by atoms with Gasteiger partial charge in [-0.15, -0.1) is 5.10 Å². The summed E-state index contributed by atoms with van der Waals surface area (Å²) in [5, 5.41) is 4.20. The molecule has 0 saturated carbocycles. The van der Waals surface area contributed by atoms with Crippen molar-refractivity contribution in [2.24, 2.45) is 0 Å². The quantitative estimate of drug-likeness (QED) is 0.775. The second-order valence-electron chi connectivity index (χ2n) is 3.55. The van der Waals surface area contributed by atoms with Crippen molar-refractivity contribution in [2.45, 2.75) is 6.92 Å². The molecule has 1 aromatic heterocycles. The summed E-state index contributed by atoms with van der Waals surface area (Å²) in [6.45, 7) is 2.07. The van der Waals surface area contributed by atoms with E-state index in [-0.39, 0.29) is 5.88 Å². The molecule has 0 radical (unpaired) electrons. The van der Waals surface area contributed by atoms with Crippen LogP contribution in [-0.4, -0.2) is 29.5 Å². The Kier molecular flexibility index (Phi) is 3.62. The van der Waals surface area contributed by atoms with Crippen molar-refractivity contribution in [1.82, 2.24) is 9.78 Å². The minimum Gasteiger partial charge on any atom is -0.479 e. The Balaban J connectivity index is 2.38. The van der Waals surface area contributed by atoms with E-state index in [0.29, 0.717) is 12.2 Å². The number of rotatable bonds is 4. The zero-order chi connectivity index (χ0) is 13.0. The van der Waals surface area contributed by atoms with E-state index in [2.05, 4.69) is 5.10 Å². The van der Waals surface area contributed by atoms with Gasteiger partial charge in [0.15, 0.2) is 0 Å². The van der Waals surface area contributed by atoms with Crippen molar-refractivity contribution in [3.05, 3.63) is 42.1 Å². The summed E-state index contributed by atoms with van der Waals surface area (Å²) in [7, 11) is 1.47. The molecule has 0 unspecified atom stereocenters. The highest BCUT2D eigenvalue weighted by Gasteiger charge is 2.18. The molecule has 5 nitrogen and oxygen atoms in total. The molecule has 0 atom stereocenters. The Labute approximate surface area is 105 Å². The van der Waals surface area contributed by atoms with Crippen LogP contribution in [-0.2, 0) is 4.74 Å². The number of nitrogens with zero attached hydrogens (tertiary/aromatic N) is 2. The first-order valence-electron chi connectivity index (χ1n) is 5.62. The fourth-order valence-electron chi connectivity index (χ4n) is 1.57. The number of esters is 1. The monoisotopic (exact) mass is 246 g/mol. The lowest BCUT2D eigenvalue weighted by Gasteiger charge is -1.99. The molecule has 0 amide bonds.